The Morgan fingerprint density at radius 1 is 0.750 bits per heavy atom. The van der Waals surface area contributed by atoms with Gasteiger partial charge in [0.25, 0.3) is 0 Å². The van der Waals surface area contributed by atoms with Crippen LogP contribution in [0.1, 0.15) is 11.1 Å². The minimum Gasteiger partial charge on any atom is -0.299 e. The maximum atomic E-state index is 13.6. The van der Waals surface area contributed by atoms with Gasteiger partial charge in [-0.1, -0.05) is 84.9 Å². The summed E-state index contributed by atoms with van der Waals surface area (Å²) >= 11 is 0. The van der Waals surface area contributed by atoms with E-state index in [0.29, 0.717) is 18.4 Å². The molecule has 36 heavy (non-hydrogen) atoms. The van der Waals surface area contributed by atoms with E-state index in [9.17, 15) is 8.42 Å². The second kappa shape index (κ2) is 11.3. The first-order valence-electron chi connectivity index (χ1n) is 12.4. The molecule has 0 saturated carbocycles. The average molecular weight is 501 g/mol. The highest BCUT2D eigenvalue weighted by Gasteiger charge is 2.26. The van der Waals surface area contributed by atoms with E-state index in [2.05, 4.69) is 55.9 Å². The Labute approximate surface area is 213 Å². The van der Waals surface area contributed by atoms with E-state index >= 15 is 0 Å². The van der Waals surface area contributed by atoms with Gasteiger partial charge in [-0.3, -0.25) is 14.8 Å². The number of piperazine rings is 1. The summed E-state index contributed by atoms with van der Waals surface area (Å²) in [7, 11) is -3.76. The fourth-order valence-electron chi connectivity index (χ4n) is 4.91. The molecule has 0 aliphatic carbocycles. The molecule has 2 heterocycles. The van der Waals surface area contributed by atoms with Gasteiger partial charge in [0, 0.05) is 68.5 Å². The van der Waals surface area contributed by atoms with Crippen molar-refractivity contribution in [3.8, 4) is 0 Å². The lowest BCUT2D eigenvalue weighted by Crippen LogP contribution is -2.51. The van der Waals surface area contributed by atoms with Crippen molar-refractivity contribution in [3.63, 3.8) is 0 Å². The van der Waals surface area contributed by atoms with Gasteiger partial charge in [-0.05, 0) is 17.5 Å². The number of sulfonamides is 1. The van der Waals surface area contributed by atoms with Crippen LogP contribution in [0, 0.1) is 0 Å². The highest BCUT2D eigenvalue weighted by atomic mass is 32.2. The van der Waals surface area contributed by atoms with Crippen LogP contribution in [-0.2, 0) is 23.0 Å². The molecule has 1 aliphatic heterocycles. The first-order chi connectivity index (χ1) is 17.6. The molecule has 1 N–H and O–H groups in total. The topological polar surface area (TPSA) is 65.5 Å². The van der Waals surface area contributed by atoms with Crippen molar-refractivity contribution in [1.82, 2.24) is 19.5 Å². The summed E-state index contributed by atoms with van der Waals surface area (Å²) in [5.41, 5.74) is 2.44. The van der Waals surface area contributed by atoms with Crippen LogP contribution in [0.25, 0.3) is 10.8 Å². The molecule has 3 aromatic carbocycles. The second-order valence-electron chi connectivity index (χ2n) is 9.43. The van der Waals surface area contributed by atoms with Crippen LogP contribution >= 0.6 is 0 Å². The van der Waals surface area contributed by atoms with E-state index in [1.807, 2.05) is 48.5 Å². The maximum Gasteiger partial charge on any atom is 0.243 e. The smallest absolute Gasteiger partial charge is 0.243 e. The normalized spacial score (nSPS) is 16.2. The van der Waals surface area contributed by atoms with E-state index in [0.717, 1.165) is 43.7 Å². The van der Waals surface area contributed by atoms with Crippen molar-refractivity contribution in [1.29, 1.82) is 0 Å². The Morgan fingerprint density at radius 2 is 1.36 bits per heavy atom. The third-order valence-electron chi connectivity index (χ3n) is 6.76. The molecule has 0 unspecified atom stereocenters. The first-order valence-corrected chi connectivity index (χ1v) is 13.9. The molecular formula is C29H32N4O2S. The third kappa shape index (κ3) is 6.17. The molecule has 0 bridgehead atoms. The number of hydrogen-bond donors (Lipinski definition) is 1. The zero-order valence-corrected chi connectivity index (χ0v) is 21.1. The monoisotopic (exact) mass is 500 g/mol. The molecule has 0 radical (unpaired) electrons. The lowest BCUT2D eigenvalue weighted by Gasteiger charge is -2.36. The van der Waals surface area contributed by atoms with Gasteiger partial charge in [0.05, 0.1) is 0 Å². The predicted molar refractivity (Wildman–Crippen MR) is 144 cm³/mol. The van der Waals surface area contributed by atoms with Crippen LogP contribution in [-0.4, -0.2) is 62.0 Å². The zero-order chi connectivity index (χ0) is 24.8. The fourth-order valence-corrected chi connectivity index (χ4v) is 6.31. The van der Waals surface area contributed by atoms with Gasteiger partial charge in [0.15, 0.2) is 0 Å². The molecule has 1 aromatic heterocycles. The standard InChI is InChI=1S/C29H32N4O2S/c34-36(35,29-21-30-20-26-13-7-8-14-28(26)29)31-27(19-24-9-3-1-4-10-24)23-33-17-15-32(16-18-33)22-25-11-5-2-6-12-25/h1-14,20-21,27,31H,15-19,22-23H2/t27-/m1/s1. The van der Waals surface area contributed by atoms with E-state index in [-0.39, 0.29) is 10.9 Å². The van der Waals surface area contributed by atoms with E-state index in [4.69, 9.17) is 0 Å². The molecule has 0 spiro atoms. The van der Waals surface area contributed by atoms with Gasteiger partial charge < -0.3 is 0 Å². The summed E-state index contributed by atoms with van der Waals surface area (Å²) in [5, 5.41) is 1.50. The van der Waals surface area contributed by atoms with Crippen LogP contribution in [0.15, 0.2) is 102 Å². The van der Waals surface area contributed by atoms with Gasteiger partial charge in [-0.2, -0.15) is 0 Å². The molecule has 1 aliphatic rings. The number of benzene rings is 3. The molecule has 186 valence electrons. The van der Waals surface area contributed by atoms with Crippen molar-refractivity contribution in [2.75, 3.05) is 32.7 Å². The van der Waals surface area contributed by atoms with Gasteiger partial charge in [-0.25, -0.2) is 13.1 Å². The molecule has 4 aromatic rings. The highest BCUT2D eigenvalue weighted by molar-refractivity contribution is 7.89. The van der Waals surface area contributed by atoms with E-state index in [1.165, 1.54) is 11.8 Å². The lowest BCUT2D eigenvalue weighted by molar-refractivity contribution is 0.120. The minimum atomic E-state index is -3.76. The number of nitrogens with one attached hydrogen (secondary N) is 1. The van der Waals surface area contributed by atoms with Gasteiger partial charge in [0.2, 0.25) is 10.0 Å². The largest absolute Gasteiger partial charge is 0.299 e. The third-order valence-corrected chi connectivity index (χ3v) is 8.31. The molecule has 1 fully saturated rings. The quantitative estimate of drug-likeness (QED) is 0.377. The van der Waals surface area contributed by atoms with Gasteiger partial charge >= 0.3 is 0 Å². The van der Waals surface area contributed by atoms with Crippen LogP contribution in [0.5, 0.6) is 0 Å². The van der Waals surface area contributed by atoms with Crippen molar-refractivity contribution in [3.05, 3.63) is 108 Å². The van der Waals surface area contributed by atoms with Gasteiger partial charge in [0.1, 0.15) is 4.90 Å². The number of rotatable bonds is 9. The van der Waals surface area contributed by atoms with Crippen molar-refractivity contribution < 1.29 is 8.42 Å². The van der Waals surface area contributed by atoms with Gasteiger partial charge in [-0.15, -0.1) is 0 Å². The summed E-state index contributed by atoms with van der Waals surface area (Å²) < 4.78 is 30.2. The van der Waals surface area contributed by atoms with Crippen LogP contribution < -0.4 is 4.72 Å². The molecule has 1 atom stereocenters. The Bertz CT molecular complexity index is 1370. The fraction of sp³-hybridized carbons (Fsp3) is 0.276. The summed E-state index contributed by atoms with van der Waals surface area (Å²) in [5.74, 6) is 0. The Morgan fingerprint density at radius 3 is 2.08 bits per heavy atom. The Kier molecular flexibility index (Phi) is 7.72. The SMILES string of the molecule is O=S(=O)(N[C@H](Cc1ccccc1)CN1CCN(Cc2ccccc2)CC1)c1cncc2ccccc12. The van der Waals surface area contributed by atoms with E-state index in [1.54, 1.807) is 6.20 Å². The van der Waals surface area contributed by atoms with Crippen LogP contribution in [0.3, 0.4) is 0 Å². The lowest BCUT2D eigenvalue weighted by atomic mass is 10.1. The molecular weight excluding hydrogens is 468 g/mol. The van der Waals surface area contributed by atoms with Crippen molar-refractivity contribution >= 4 is 20.8 Å². The number of fused-ring (bicyclic) bond motifs is 1. The predicted octanol–water partition coefficient (Wildman–Crippen LogP) is 3.94. The number of hydrogen-bond acceptors (Lipinski definition) is 5. The number of aromatic nitrogens is 1. The number of pyridine rings is 1. The molecule has 1 saturated heterocycles. The molecule has 0 amide bonds. The summed E-state index contributed by atoms with van der Waals surface area (Å²) in [6.07, 6.45) is 3.78. The summed E-state index contributed by atoms with van der Waals surface area (Å²) in [4.78, 5) is 9.26. The average Bonchev–Trinajstić information content (AvgIpc) is 2.90. The Balaban J connectivity index is 1.30. The summed E-state index contributed by atoms with van der Waals surface area (Å²) in [6, 6.07) is 27.8. The zero-order valence-electron chi connectivity index (χ0n) is 20.3. The molecule has 7 heteroatoms. The van der Waals surface area contributed by atoms with Crippen LogP contribution in [0.4, 0.5) is 0 Å². The highest BCUT2D eigenvalue weighted by Crippen LogP contribution is 2.22. The van der Waals surface area contributed by atoms with E-state index < -0.39 is 10.0 Å². The molecule has 5 rings (SSSR count). The maximum absolute atomic E-state index is 13.6. The Hall–Kier alpha value is -3.10. The minimum absolute atomic E-state index is 0.228. The second-order valence-corrected chi connectivity index (χ2v) is 11.1. The van der Waals surface area contributed by atoms with Crippen molar-refractivity contribution in [2.45, 2.75) is 23.9 Å². The summed E-state index contributed by atoms with van der Waals surface area (Å²) in [6.45, 7) is 5.36. The molecule has 6 nitrogen and oxygen atoms in total. The van der Waals surface area contributed by atoms with Crippen LogP contribution in [0.2, 0.25) is 0 Å². The van der Waals surface area contributed by atoms with Crippen molar-refractivity contribution in [2.24, 2.45) is 0 Å². The first kappa shape index (κ1) is 24.6. The number of nitrogens with zero attached hydrogens (tertiary/aromatic N) is 3.